The van der Waals surface area contributed by atoms with Crippen molar-refractivity contribution in [3.8, 4) is 5.75 Å². The number of nitrogens with one attached hydrogen (secondary N) is 1. The number of rotatable bonds is 6. The molecule has 0 radical (unpaired) electrons. The number of halogens is 1. The van der Waals surface area contributed by atoms with E-state index in [1.165, 1.54) is 19.2 Å². The molecule has 1 aromatic rings. The van der Waals surface area contributed by atoms with Crippen LogP contribution in [0, 0.1) is 11.7 Å². The van der Waals surface area contributed by atoms with Crippen LogP contribution in [0.15, 0.2) is 18.2 Å². The van der Waals surface area contributed by atoms with E-state index in [4.69, 9.17) is 9.84 Å². The number of carboxylic acid groups (broad SMARTS) is 1. The van der Waals surface area contributed by atoms with E-state index in [0.717, 1.165) is 6.07 Å². The minimum atomic E-state index is -1.03. The molecule has 116 valence electrons. The van der Waals surface area contributed by atoms with Gasteiger partial charge in [0.25, 0.3) is 5.91 Å². The zero-order valence-corrected chi connectivity index (χ0v) is 12.6. The van der Waals surface area contributed by atoms with Gasteiger partial charge in [-0.05, 0) is 25.0 Å². The Labute approximate surface area is 123 Å². The summed E-state index contributed by atoms with van der Waals surface area (Å²) in [5.74, 6) is -2.21. The zero-order valence-electron chi connectivity index (χ0n) is 12.6. The predicted octanol–water partition coefficient (Wildman–Crippen LogP) is 2.45. The van der Waals surface area contributed by atoms with Gasteiger partial charge in [0.15, 0.2) is 0 Å². The van der Waals surface area contributed by atoms with Gasteiger partial charge in [0.05, 0.1) is 24.6 Å². The maximum Gasteiger partial charge on any atom is 0.305 e. The van der Waals surface area contributed by atoms with Gasteiger partial charge in [-0.25, -0.2) is 4.39 Å². The zero-order chi connectivity index (χ0) is 16.2. The van der Waals surface area contributed by atoms with Gasteiger partial charge in [-0.15, -0.1) is 0 Å². The van der Waals surface area contributed by atoms with Crippen molar-refractivity contribution in [2.45, 2.75) is 32.7 Å². The number of aliphatic carboxylic acids is 1. The third kappa shape index (κ3) is 4.18. The third-order valence-corrected chi connectivity index (χ3v) is 3.61. The minimum Gasteiger partial charge on any atom is -0.497 e. The summed E-state index contributed by atoms with van der Waals surface area (Å²) in [5, 5.41) is 11.6. The quantitative estimate of drug-likeness (QED) is 0.845. The highest BCUT2D eigenvalue weighted by Crippen LogP contribution is 2.23. The molecule has 0 saturated carbocycles. The van der Waals surface area contributed by atoms with Crippen LogP contribution in [0.25, 0.3) is 0 Å². The maximum atomic E-state index is 13.9. The molecule has 6 heteroatoms. The van der Waals surface area contributed by atoms with Crippen LogP contribution in [-0.2, 0) is 4.79 Å². The number of carboxylic acids is 1. The first kappa shape index (κ1) is 16.9. The molecule has 0 bridgehead atoms. The molecule has 0 heterocycles. The highest BCUT2D eigenvalue weighted by molar-refractivity contribution is 5.95. The number of hydrogen-bond acceptors (Lipinski definition) is 3. The van der Waals surface area contributed by atoms with Crippen molar-refractivity contribution in [3.05, 3.63) is 29.6 Å². The Hall–Kier alpha value is -2.11. The summed E-state index contributed by atoms with van der Waals surface area (Å²) in [7, 11) is 1.40. The van der Waals surface area contributed by atoms with Gasteiger partial charge in [0, 0.05) is 6.07 Å². The van der Waals surface area contributed by atoms with Crippen molar-refractivity contribution >= 4 is 11.9 Å². The fourth-order valence-electron chi connectivity index (χ4n) is 1.84. The fraction of sp³-hybridized carbons (Fsp3) is 0.467. The molecule has 0 aliphatic carbocycles. The van der Waals surface area contributed by atoms with Crippen molar-refractivity contribution < 1.29 is 23.8 Å². The third-order valence-electron chi connectivity index (χ3n) is 3.61. The second-order valence-electron chi connectivity index (χ2n) is 5.44. The summed E-state index contributed by atoms with van der Waals surface area (Å²) in [6, 6.07) is 3.89. The molecule has 5 nitrogen and oxygen atoms in total. The molecule has 1 amide bonds. The SMILES string of the molecule is COc1ccc(C(=O)NC(C)(CC(=O)O)C(C)C)c(F)c1. The lowest BCUT2D eigenvalue weighted by Crippen LogP contribution is -2.51. The first-order valence-electron chi connectivity index (χ1n) is 6.57. The Morgan fingerprint density at radius 2 is 2.05 bits per heavy atom. The highest BCUT2D eigenvalue weighted by Gasteiger charge is 2.33. The van der Waals surface area contributed by atoms with Gasteiger partial charge in [-0.2, -0.15) is 0 Å². The molecule has 0 aliphatic heterocycles. The summed E-state index contributed by atoms with van der Waals surface area (Å²) >= 11 is 0. The Bertz CT molecular complexity index is 544. The number of benzene rings is 1. The molecule has 2 N–H and O–H groups in total. The van der Waals surface area contributed by atoms with Gasteiger partial charge in [0.1, 0.15) is 11.6 Å². The number of hydrogen-bond donors (Lipinski definition) is 2. The van der Waals surface area contributed by atoms with Crippen LogP contribution in [0.4, 0.5) is 4.39 Å². The van der Waals surface area contributed by atoms with Crippen molar-refractivity contribution in [1.82, 2.24) is 5.32 Å². The van der Waals surface area contributed by atoms with Gasteiger partial charge in [-0.1, -0.05) is 13.8 Å². The molecule has 1 unspecified atom stereocenters. The molecule has 0 spiro atoms. The summed E-state index contributed by atoms with van der Waals surface area (Å²) in [6.45, 7) is 5.23. The normalized spacial score (nSPS) is 13.6. The van der Waals surface area contributed by atoms with Gasteiger partial charge < -0.3 is 15.2 Å². The second kappa shape index (κ2) is 6.56. The second-order valence-corrected chi connectivity index (χ2v) is 5.44. The molecule has 1 rings (SSSR count). The van der Waals surface area contributed by atoms with Crippen LogP contribution in [0.5, 0.6) is 5.75 Å². The van der Waals surface area contributed by atoms with Crippen LogP contribution in [0.1, 0.15) is 37.6 Å². The summed E-state index contributed by atoms with van der Waals surface area (Å²) in [5.41, 5.74) is -1.11. The first-order chi connectivity index (χ1) is 9.69. The van der Waals surface area contributed by atoms with Crippen LogP contribution in [0.2, 0.25) is 0 Å². The van der Waals surface area contributed by atoms with Crippen molar-refractivity contribution in [2.24, 2.45) is 5.92 Å². The van der Waals surface area contributed by atoms with Gasteiger partial charge in [-0.3, -0.25) is 9.59 Å². The summed E-state index contributed by atoms with van der Waals surface area (Å²) < 4.78 is 18.7. The Morgan fingerprint density at radius 1 is 1.43 bits per heavy atom. The van der Waals surface area contributed by atoms with Crippen molar-refractivity contribution in [2.75, 3.05) is 7.11 Å². The minimum absolute atomic E-state index is 0.126. The number of amides is 1. The Kier molecular flexibility index (Phi) is 5.29. The van der Waals surface area contributed by atoms with E-state index < -0.39 is 23.2 Å². The van der Waals surface area contributed by atoms with Gasteiger partial charge in [0.2, 0.25) is 0 Å². The average molecular weight is 297 g/mol. The number of carbonyl (C=O) groups is 2. The number of ether oxygens (including phenoxy) is 1. The smallest absolute Gasteiger partial charge is 0.305 e. The van der Waals surface area contributed by atoms with Crippen LogP contribution >= 0.6 is 0 Å². The lowest BCUT2D eigenvalue weighted by atomic mass is 9.85. The molecular formula is C15H20FNO4. The lowest BCUT2D eigenvalue weighted by molar-refractivity contribution is -0.138. The molecule has 21 heavy (non-hydrogen) atoms. The molecule has 0 saturated heterocycles. The lowest BCUT2D eigenvalue weighted by Gasteiger charge is -2.33. The number of carbonyl (C=O) groups excluding carboxylic acids is 1. The van der Waals surface area contributed by atoms with E-state index in [2.05, 4.69) is 5.32 Å². The fourth-order valence-corrected chi connectivity index (χ4v) is 1.84. The molecule has 0 fully saturated rings. The van der Waals surface area contributed by atoms with E-state index in [-0.39, 0.29) is 17.9 Å². The summed E-state index contributed by atoms with van der Waals surface area (Å²) in [6.07, 6.45) is -0.242. The topological polar surface area (TPSA) is 75.6 Å². The van der Waals surface area contributed by atoms with Crippen molar-refractivity contribution in [1.29, 1.82) is 0 Å². The van der Waals surface area contributed by atoms with E-state index in [9.17, 15) is 14.0 Å². The van der Waals surface area contributed by atoms with E-state index in [1.54, 1.807) is 20.8 Å². The highest BCUT2D eigenvalue weighted by atomic mass is 19.1. The molecule has 1 aromatic carbocycles. The predicted molar refractivity (Wildman–Crippen MR) is 75.9 cm³/mol. The molecule has 0 aromatic heterocycles. The Morgan fingerprint density at radius 3 is 2.48 bits per heavy atom. The largest absolute Gasteiger partial charge is 0.497 e. The van der Waals surface area contributed by atoms with Crippen LogP contribution < -0.4 is 10.1 Å². The monoisotopic (exact) mass is 297 g/mol. The van der Waals surface area contributed by atoms with Crippen LogP contribution in [0.3, 0.4) is 0 Å². The van der Waals surface area contributed by atoms with Gasteiger partial charge >= 0.3 is 5.97 Å². The van der Waals surface area contributed by atoms with E-state index in [0.29, 0.717) is 5.75 Å². The van der Waals surface area contributed by atoms with E-state index >= 15 is 0 Å². The number of methoxy groups -OCH3 is 1. The standard InChI is InChI=1S/C15H20FNO4/c1-9(2)15(3,8-13(18)19)17-14(20)11-6-5-10(21-4)7-12(11)16/h5-7,9H,8H2,1-4H3,(H,17,20)(H,18,19). The van der Waals surface area contributed by atoms with Crippen LogP contribution in [-0.4, -0.2) is 29.6 Å². The molecule has 0 aliphatic rings. The van der Waals surface area contributed by atoms with Crippen molar-refractivity contribution in [3.63, 3.8) is 0 Å². The average Bonchev–Trinajstić information content (AvgIpc) is 2.36. The first-order valence-corrected chi connectivity index (χ1v) is 6.57. The Balaban J connectivity index is 3.00. The maximum absolute atomic E-state index is 13.9. The van der Waals surface area contributed by atoms with E-state index in [1.807, 2.05) is 0 Å². The summed E-state index contributed by atoms with van der Waals surface area (Å²) in [4.78, 5) is 23.1. The molecule has 1 atom stereocenters. The molecular weight excluding hydrogens is 277 g/mol.